The third-order valence-electron chi connectivity index (χ3n) is 5.99. The van der Waals surface area contributed by atoms with Gasteiger partial charge in [-0.25, -0.2) is 18.9 Å². The van der Waals surface area contributed by atoms with Crippen LogP contribution in [-0.2, 0) is 0 Å². The summed E-state index contributed by atoms with van der Waals surface area (Å²) in [6.45, 7) is 4.89. The third-order valence-corrected chi connectivity index (χ3v) is 5.99. The van der Waals surface area contributed by atoms with Crippen LogP contribution in [0.4, 0.5) is 10.2 Å². The zero-order valence-electron chi connectivity index (χ0n) is 17.6. The first kappa shape index (κ1) is 18.9. The van der Waals surface area contributed by atoms with Crippen molar-refractivity contribution >= 4 is 22.5 Å². The number of halogens is 1. The summed E-state index contributed by atoms with van der Waals surface area (Å²) >= 11 is 0. The number of nitrogens with zero attached hydrogens (tertiary/aromatic N) is 5. The Morgan fingerprint density at radius 1 is 1.06 bits per heavy atom. The number of fused-ring (bicyclic) bond motifs is 2. The maximum atomic E-state index is 13.6. The number of benzene rings is 1. The molecule has 32 heavy (non-hydrogen) atoms. The summed E-state index contributed by atoms with van der Waals surface area (Å²) in [5, 5.41) is 9.47. The lowest BCUT2D eigenvalue weighted by atomic mass is 10.0. The van der Waals surface area contributed by atoms with Gasteiger partial charge in [0.25, 0.3) is 0 Å². The molecule has 5 heterocycles. The summed E-state index contributed by atoms with van der Waals surface area (Å²) in [6, 6.07) is 14.9. The number of aromatic nitrogens is 5. The van der Waals surface area contributed by atoms with Crippen LogP contribution in [0.3, 0.4) is 0 Å². The summed E-state index contributed by atoms with van der Waals surface area (Å²) in [7, 11) is 0. The molecule has 5 aromatic rings. The Bertz CT molecular complexity index is 1420. The Morgan fingerprint density at radius 2 is 1.94 bits per heavy atom. The number of H-pyrrole nitrogens is 1. The second kappa shape index (κ2) is 7.42. The van der Waals surface area contributed by atoms with Crippen molar-refractivity contribution in [1.82, 2.24) is 29.9 Å². The van der Waals surface area contributed by atoms with Gasteiger partial charge >= 0.3 is 0 Å². The van der Waals surface area contributed by atoms with Crippen molar-refractivity contribution in [2.24, 2.45) is 0 Å². The zero-order chi connectivity index (χ0) is 21.7. The highest BCUT2D eigenvalue weighted by atomic mass is 19.1. The molecule has 0 aliphatic carbocycles. The number of imidazole rings is 1. The van der Waals surface area contributed by atoms with Gasteiger partial charge in [0.15, 0.2) is 5.65 Å². The normalized spacial score (nSPS) is 16.8. The molecule has 1 aliphatic heterocycles. The van der Waals surface area contributed by atoms with Crippen LogP contribution < -0.4 is 10.2 Å². The van der Waals surface area contributed by atoms with Crippen molar-refractivity contribution in [1.29, 1.82) is 0 Å². The molecule has 1 atom stereocenters. The lowest BCUT2D eigenvalue weighted by molar-refractivity contribution is 0.481. The molecule has 4 aromatic heterocycles. The van der Waals surface area contributed by atoms with Gasteiger partial charge in [-0.2, -0.15) is 0 Å². The van der Waals surface area contributed by atoms with Crippen molar-refractivity contribution in [2.75, 3.05) is 24.5 Å². The summed E-state index contributed by atoms with van der Waals surface area (Å²) < 4.78 is 15.5. The monoisotopic (exact) mass is 427 g/mol. The number of hydrogen-bond acceptors (Lipinski definition) is 5. The predicted molar refractivity (Wildman–Crippen MR) is 123 cm³/mol. The average molecular weight is 427 g/mol. The second-order valence-corrected chi connectivity index (χ2v) is 8.18. The second-order valence-electron chi connectivity index (χ2n) is 8.18. The van der Waals surface area contributed by atoms with Crippen LogP contribution in [0, 0.1) is 5.82 Å². The fourth-order valence-electron chi connectivity index (χ4n) is 4.45. The van der Waals surface area contributed by atoms with Crippen LogP contribution in [0.2, 0.25) is 0 Å². The molecule has 6 rings (SSSR count). The van der Waals surface area contributed by atoms with E-state index in [1.807, 2.05) is 35.0 Å². The largest absolute Gasteiger partial charge is 0.352 e. The number of aromatic amines is 1. The summed E-state index contributed by atoms with van der Waals surface area (Å²) in [6.07, 6.45) is 3.66. The molecule has 1 fully saturated rings. The van der Waals surface area contributed by atoms with Crippen molar-refractivity contribution in [3.63, 3.8) is 0 Å². The molecule has 8 heteroatoms. The van der Waals surface area contributed by atoms with Gasteiger partial charge in [-0.3, -0.25) is 0 Å². The molecule has 1 aromatic carbocycles. The first-order valence-corrected chi connectivity index (χ1v) is 10.7. The molecule has 1 aliphatic rings. The predicted octanol–water partition coefficient (Wildman–Crippen LogP) is 3.88. The van der Waals surface area contributed by atoms with E-state index >= 15 is 0 Å². The molecule has 0 amide bonds. The summed E-state index contributed by atoms with van der Waals surface area (Å²) in [4.78, 5) is 14.8. The average Bonchev–Trinajstić information content (AvgIpc) is 3.44. The maximum absolute atomic E-state index is 13.6. The van der Waals surface area contributed by atoms with Crippen LogP contribution >= 0.6 is 0 Å². The molecule has 0 bridgehead atoms. The van der Waals surface area contributed by atoms with Crippen molar-refractivity contribution in [3.05, 3.63) is 66.7 Å². The molecule has 160 valence electrons. The van der Waals surface area contributed by atoms with E-state index in [1.54, 1.807) is 18.3 Å². The van der Waals surface area contributed by atoms with Gasteiger partial charge in [-0.15, -0.1) is 5.10 Å². The van der Waals surface area contributed by atoms with Crippen LogP contribution in [0.25, 0.3) is 39.2 Å². The highest BCUT2D eigenvalue weighted by Crippen LogP contribution is 2.36. The van der Waals surface area contributed by atoms with E-state index in [-0.39, 0.29) is 5.82 Å². The number of pyridine rings is 1. The molecule has 0 radical (unpaired) electrons. The Hall–Kier alpha value is -3.78. The topological polar surface area (TPSA) is 74.1 Å². The standard InChI is InChI=1S/C24H22FN7/c1-15-14-31(13-12-26-15)21-7-6-20-29-22(16-2-4-17(25)5-3-16)23(32(20)30-21)18-8-10-27-24-19(18)9-11-28-24/h2-11,15,26H,12-14H2,1H3,(H,27,28)/t15-/m1/s1. The molecule has 1 saturated heterocycles. The molecule has 0 saturated carbocycles. The van der Waals surface area contributed by atoms with Gasteiger partial charge in [0.2, 0.25) is 0 Å². The third kappa shape index (κ3) is 3.11. The highest BCUT2D eigenvalue weighted by Gasteiger charge is 2.22. The van der Waals surface area contributed by atoms with E-state index in [0.717, 1.165) is 64.6 Å². The van der Waals surface area contributed by atoms with Crippen LogP contribution in [-0.4, -0.2) is 50.2 Å². The quantitative estimate of drug-likeness (QED) is 0.457. The van der Waals surface area contributed by atoms with Gasteiger partial charge in [0.1, 0.15) is 23.0 Å². The van der Waals surface area contributed by atoms with E-state index < -0.39 is 0 Å². The van der Waals surface area contributed by atoms with Gasteiger partial charge in [0.05, 0.1) is 5.69 Å². The van der Waals surface area contributed by atoms with Gasteiger partial charge < -0.3 is 15.2 Å². The van der Waals surface area contributed by atoms with E-state index in [1.165, 1.54) is 12.1 Å². The number of rotatable bonds is 3. The SMILES string of the molecule is C[C@@H]1CN(c2ccc3nc(-c4ccc(F)cc4)c(-c4ccnc5[nH]ccc45)n3n2)CCN1. The number of anilines is 1. The first-order valence-electron chi connectivity index (χ1n) is 10.7. The van der Waals surface area contributed by atoms with E-state index in [4.69, 9.17) is 10.1 Å². The minimum atomic E-state index is -0.274. The lowest BCUT2D eigenvalue weighted by Gasteiger charge is -2.32. The molecule has 2 N–H and O–H groups in total. The van der Waals surface area contributed by atoms with Crippen molar-refractivity contribution < 1.29 is 4.39 Å². The van der Waals surface area contributed by atoms with Gasteiger partial charge in [-0.05, 0) is 55.5 Å². The molecule has 0 unspecified atom stereocenters. The maximum Gasteiger partial charge on any atom is 0.155 e. The Morgan fingerprint density at radius 3 is 2.78 bits per heavy atom. The fraction of sp³-hybridized carbons (Fsp3) is 0.208. The Kier molecular flexibility index (Phi) is 4.39. The van der Waals surface area contributed by atoms with E-state index in [0.29, 0.717) is 6.04 Å². The highest BCUT2D eigenvalue weighted by molar-refractivity contribution is 5.96. The Balaban J connectivity index is 1.61. The number of nitrogens with one attached hydrogen (secondary N) is 2. The Labute approximate surface area is 183 Å². The molecular formula is C24H22FN7. The van der Waals surface area contributed by atoms with Gasteiger partial charge in [0, 0.05) is 54.6 Å². The van der Waals surface area contributed by atoms with Gasteiger partial charge in [-0.1, -0.05) is 0 Å². The smallest absolute Gasteiger partial charge is 0.155 e. The van der Waals surface area contributed by atoms with E-state index in [2.05, 4.69) is 27.1 Å². The molecule has 0 spiro atoms. The minimum absolute atomic E-state index is 0.274. The van der Waals surface area contributed by atoms with Crippen LogP contribution in [0.1, 0.15) is 6.92 Å². The van der Waals surface area contributed by atoms with Crippen molar-refractivity contribution in [2.45, 2.75) is 13.0 Å². The van der Waals surface area contributed by atoms with Crippen molar-refractivity contribution in [3.8, 4) is 22.5 Å². The first-order chi connectivity index (χ1) is 15.7. The van der Waals surface area contributed by atoms with Crippen LogP contribution in [0.15, 0.2) is 60.9 Å². The number of hydrogen-bond donors (Lipinski definition) is 2. The summed E-state index contributed by atoms with van der Waals surface area (Å²) in [5.41, 5.74) is 4.98. The van der Waals surface area contributed by atoms with Crippen LogP contribution in [0.5, 0.6) is 0 Å². The number of piperazine rings is 1. The minimum Gasteiger partial charge on any atom is -0.352 e. The molecule has 7 nitrogen and oxygen atoms in total. The molecular weight excluding hydrogens is 405 g/mol. The lowest BCUT2D eigenvalue weighted by Crippen LogP contribution is -2.49. The zero-order valence-corrected chi connectivity index (χ0v) is 17.6. The summed E-state index contributed by atoms with van der Waals surface area (Å²) in [5.74, 6) is 0.638. The fourth-order valence-corrected chi connectivity index (χ4v) is 4.45. The van der Waals surface area contributed by atoms with E-state index in [9.17, 15) is 4.39 Å².